The third kappa shape index (κ3) is 2.20. The molecule has 1 N–H and O–H groups in total. The van der Waals surface area contributed by atoms with Gasteiger partial charge in [-0.15, -0.1) is 0 Å². The van der Waals surface area contributed by atoms with Gasteiger partial charge in [-0.25, -0.2) is 0 Å². The van der Waals surface area contributed by atoms with Crippen LogP contribution in [0.2, 0.25) is 0 Å². The van der Waals surface area contributed by atoms with Crippen molar-refractivity contribution >= 4 is 22.8 Å². The minimum absolute atomic E-state index is 0.0669. The van der Waals surface area contributed by atoms with Gasteiger partial charge in [-0.1, -0.05) is 18.2 Å². The lowest BCUT2D eigenvalue weighted by Gasteiger charge is -1.97. The maximum absolute atomic E-state index is 11.5. The predicted molar refractivity (Wildman–Crippen MR) is 64.2 cm³/mol. The minimum Gasteiger partial charge on any atom is -0.481 e. The van der Waals surface area contributed by atoms with Crippen LogP contribution in [0.5, 0.6) is 0 Å². The highest BCUT2D eigenvalue weighted by atomic mass is 16.4. The zero-order valence-corrected chi connectivity index (χ0v) is 9.51. The van der Waals surface area contributed by atoms with Crippen molar-refractivity contribution in [2.45, 2.75) is 19.8 Å². The van der Waals surface area contributed by atoms with Crippen LogP contribution in [-0.2, 0) is 11.2 Å². The number of aryl methyl sites for hydroxylation is 1. The fraction of sp³-hybridized carbons (Fsp3) is 0.231. The first-order chi connectivity index (χ1) is 8.09. The largest absolute Gasteiger partial charge is 0.481 e. The van der Waals surface area contributed by atoms with E-state index in [-0.39, 0.29) is 12.3 Å². The van der Waals surface area contributed by atoms with E-state index in [1.807, 2.05) is 24.3 Å². The molecule has 1 aromatic heterocycles. The summed E-state index contributed by atoms with van der Waals surface area (Å²) in [5.41, 5.74) is 1.73. The van der Waals surface area contributed by atoms with Crippen LogP contribution in [0.3, 0.4) is 0 Å². The average Bonchev–Trinajstić information content (AvgIpc) is 2.65. The Labute approximate surface area is 98.5 Å². The van der Waals surface area contributed by atoms with E-state index >= 15 is 0 Å². The summed E-state index contributed by atoms with van der Waals surface area (Å²) < 4.78 is 1.56. The summed E-state index contributed by atoms with van der Waals surface area (Å²) in [6.07, 6.45) is 2.25. The highest BCUT2D eigenvalue weighted by Gasteiger charge is 2.11. The number of carboxylic acids is 1. The van der Waals surface area contributed by atoms with Crippen LogP contribution >= 0.6 is 0 Å². The predicted octanol–water partition coefficient (Wildman–Crippen LogP) is 2.32. The molecule has 4 heteroatoms. The Morgan fingerprint density at radius 1 is 1.29 bits per heavy atom. The van der Waals surface area contributed by atoms with Crippen LogP contribution in [-0.4, -0.2) is 21.6 Å². The molecule has 0 unspecified atom stereocenters. The van der Waals surface area contributed by atoms with Crippen LogP contribution in [0.4, 0.5) is 0 Å². The number of carbonyl (C=O) groups excluding carboxylic acids is 1. The quantitative estimate of drug-likeness (QED) is 0.881. The monoisotopic (exact) mass is 231 g/mol. The van der Waals surface area contributed by atoms with Gasteiger partial charge < -0.3 is 5.11 Å². The number of aromatic nitrogens is 1. The lowest BCUT2D eigenvalue weighted by Crippen LogP contribution is -2.03. The summed E-state index contributed by atoms with van der Waals surface area (Å²) >= 11 is 0. The molecule has 0 amide bonds. The van der Waals surface area contributed by atoms with E-state index in [0.29, 0.717) is 6.42 Å². The van der Waals surface area contributed by atoms with Gasteiger partial charge in [-0.05, 0) is 18.1 Å². The number of benzene rings is 1. The second-order valence-electron chi connectivity index (χ2n) is 3.95. The molecule has 0 aliphatic rings. The van der Waals surface area contributed by atoms with Crippen LogP contribution in [0, 0.1) is 0 Å². The Morgan fingerprint density at radius 2 is 2.00 bits per heavy atom. The van der Waals surface area contributed by atoms with Gasteiger partial charge >= 0.3 is 5.97 Å². The molecule has 0 aliphatic carbocycles. The number of carbonyl (C=O) groups is 2. The normalized spacial score (nSPS) is 10.6. The van der Waals surface area contributed by atoms with Gasteiger partial charge in [0.25, 0.3) is 0 Å². The van der Waals surface area contributed by atoms with Crippen LogP contribution < -0.4 is 0 Å². The van der Waals surface area contributed by atoms with Gasteiger partial charge in [0.1, 0.15) is 0 Å². The van der Waals surface area contributed by atoms with E-state index in [4.69, 9.17) is 5.11 Å². The summed E-state index contributed by atoms with van der Waals surface area (Å²) in [4.78, 5) is 22.0. The summed E-state index contributed by atoms with van der Waals surface area (Å²) in [6.45, 7) is 1.49. The van der Waals surface area contributed by atoms with E-state index in [1.165, 1.54) is 6.92 Å². The second-order valence-corrected chi connectivity index (χ2v) is 3.95. The lowest BCUT2D eigenvalue weighted by atomic mass is 10.1. The van der Waals surface area contributed by atoms with Crippen molar-refractivity contribution in [1.29, 1.82) is 0 Å². The molecule has 0 spiro atoms. The van der Waals surface area contributed by atoms with Crippen molar-refractivity contribution < 1.29 is 14.7 Å². The van der Waals surface area contributed by atoms with E-state index in [9.17, 15) is 9.59 Å². The number of carboxylic acid groups (broad SMARTS) is 1. The number of nitrogens with zero attached hydrogens (tertiary/aromatic N) is 1. The van der Waals surface area contributed by atoms with Crippen molar-refractivity contribution in [1.82, 2.24) is 4.57 Å². The van der Waals surface area contributed by atoms with Gasteiger partial charge in [0.2, 0.25) is 5.91 Å². The van der Waals surface area contributed by atoms with E-state index in [0.717, 1.165) is 16.5 Å². The highest BCUT2D eigenvalue weighted by molar-refractivity contribution is 5.93. The van der Waals surface area contributed by atoms with Gasteiger partial charge in [0.15, 0.2) is 0 Å². The van der Waals surface area contributed by atoms with Crippen molar-refractivity contribution in [3.05, 3.63) is 36.0 Å². The molecular weight excluding hydrogens is 218 g/mol. The highest BCUT2D eigenvalue weighted by Crippen LogP contribution is 2.22. The number of para-hydroxylation sites is 1. The molecule has 0 atom stereocenters. The maximum Gasteiger partial charge on any atom is 0.303 e. The van der Waals surface area contributed by atoms with Crippen LogP contribution in [0.1, 0.15) is 23.7 Å². The molecule has 1 aromatic carbocycles. The van der Waals surface area contributed by atoms with Gasteiger partial charge in [0, 0.05) is 24.9 Å². The smallest absolute Gasteiger partial charge is 0.303 e. The summed E-state index contributed by atoms with van der Waals surface area (Å²) in [5.74, 6) is -0.896. The van der Waals surface area contributed by atoms with Crippen molar-refractivity contribution in [2.75, 3.05) is 0 Å². The van der Waals surface area contributed by atoms with Crippen molar-refractivity contribution in [3.8, 4) is 0 Å². The first kappa shape index (κ1) is 11.4. The topological polar surface area (TPSA) is 59.3 Å². The fourth-order valence-electron chi connectivity index (χ4n) is 1.95. The summed E-state index contributed by atoms with van der Waals surface area (Å²) in [7, 11) is 0. The number of aliphatic carboxylic acids is 1. The van der Waals surface area contributed by atoms with Gasteiger partial charge in [-0.2, -0.15) is 0 Å². The molecule has 1 heterocycles. The minimum atomic E-state index is -0.829. The fourth-order valence-corrected chi connectivity index (χ4v) is 1.95. The Bertz CT molecular complexity index is 583. The molecule has 0 aliphatic heterocycles. The molecule has 88 valence electrons. The molecule has 0 bridgehead atoms. The van der Waals surface area contributed by atoms with E-state index < -0.39 is 5.97 Å². The molecule has 17 heavy (non-hydrogen) atoms. The molecule has 4 nitrogen and oxygen atoms in total. The third-order valence-corrected chi connectivity index (χ3v) is 2.74. The standard InChI is InChI=1S/C13H13NO3/c1-9(15)14-8-10(6-7-13(16)17)11-4-2-3-5-12(11)14/h2-5,8H,6-7H2,1H3,(H,16,17). The first-order valence-electron chi connectivity index (χ1n) is 5.41. The summed E-state index contributed by atoms with van der Waals surface area (Å²) in [6, 6.07) is 7.52. The lowest BCUT2D eigenvalue weighted by molar-refractivity contribution is -0.136. The number of rotatable bonds is 3. The molecule has 0 saturated carbocycles. The van der Waals surface area contributed by atoms with E-state index in [2.05, 4.69) is 0 Å². The SMILES string of the molecule is CC(=O)n1cc(CCC(=O)O)c2ccccc21. The summed E-state index contributed by atoms with van der Waals surface area (Å²) in [5, 5.41) is 9.64. The zero-order chi connectivity index (χ0) is 12.4. The number of hydrogen-bond donors (Lipinski definition) is 1. The molecule has 0 saturated heterocycles. The molecule has 0 fully saturated rings. The van der Waals surface area contributed by atoms with Gasteiger partial charge in [-0.3, -0.25) is 14.2 Å². The van der Waals surface area contributed by atoms with Crippen molar-refractivity contribution in [2.24, 2.45) is 0 Å². The molecular formula is C13H13NO3. The Hall–Kier alpha value is -2.10. The van der Waals surface area contributed by atoms with Crippen LogP contribution in [0.15, 0.2) is 30.5 Å². The Morgan fingerprint density at radius 3 is 2.65 bits per heavy atom. The van der Waals surface area contributed by atoms with Crippen molar-refractivity contribution in [3.63, 3.8) is 0 Å². The zero-order valence-electron chi connectivity index (χ0n) is 9.51. The van der Waals surface area contributed by atoms with Crippen LogP contribution in [0.25, 0.3) is 10.9 Å². The Balaban J connectivity index is 2.49. The molecule has 2 rings (SSSR count). The van der Waals surface area contributed by atoms with Gasteiger partial charge in [0.05, 0.1) is 5.52 Å². The first-order valence-corrected chi connectivity index (χ1v) is 5.41. The van der Waals surface area contributed by atoms with E-state index in [1.54, 1.807) is 10.8 Å². The Kier molecular flexibility index (Phi) is 2.95. The molecule has 0 radical (unpaired) electrons. The average molecular weight is 231 g/mol. The molecule has 2 aromatic rings. The second kappa shape index (κ2) is 4.41. The number of hydrogen-bond acceptors (Lipinski definition) is 2. The number of fused-ring (bicyclic) bond motifs is 1. The third-order valence-electron chi connectivity index (χ3n) is 2.74. The maximum atomic E-state index is 11.5.